The molecule has 0 fully saturated rings. The van der Waals surface area contributed by atoms with Crippen molar-refractivity contribution in [2.45, 2.75) is 0 Å². The van der Waals surface area contributed by atoms with Crippen molar-refractivity contribution in [1.29, 1.82) is 5.26 Å². The second kappa shape index (κ2) is 6.48. The number of aromatic nitrogens is 1. The van der Waals surface area contributed by atoms with Crippen LogP contribution in [0.2, 0.25) is 0 Å². The molecule has 0 bridgehead atoms. The van der Waals surface area contributed by atoms with E-state index in [0.29, 0.717) is 5.82 Å². The summed E-state index contributed by atoms with van der Waals surface area (Å²) in [4.78, 5) is 15.3. The summed E-state index contributed by atoms with van der Waals surface area (Å²) in [6.07, 6.45) is 0. The Morgan fingerprint density at radius 1 is 1.39 bits per heavy atom. The number of aliphatic hydroxyl groups excluding tert-OH is 2. The van der Waals surface area contributed by atoms with Crippen molar-refractivity contribution in [3.8, 4) is 6.07 Å². The van der Waals surface area contributed by atoms with Gasteiger partial charge in [0.15, 0.2) is 0 Å². The number of hydrogen-bond donors (Lipinski definition) is 2. The van der Waals surface area contributed by atoms with Crippen LogP contribution in [-0.4, -0.2) is 46.4 Å². The summed E-state index contributed by atoms with van der Waals surface area (Å²) >= 11 is 0. The quantitative estimate of drug-likeness (QED) is 0.524. The molecule has 1 aromatic rings. The van der Waals surface area contributed by atoms with E-state index in [-0.39, 0.29) is 37.7 Å². The van der Waals surface area contributed by atoms with Crippen molar-refractivity contribution in [1.82, 2.24) is 4.98 Å². The number of nitriles is 1. The van der Waals surface area contributed by atoms with E-state index in [1.165, 1.54) is 17.0 Å². The van der Waals surface area contributed by atoms with Gasteiger partial charge in [-0.3, -0.25) is 10.1 Å². The van der Waals surface area contributed by atoms with E-state index in [1.807, 2.05) is 0 Å². The first-order chi connectivity index (χ1) is 8.63. The SMILES string of the molecule is N#Cc1nc(N(CCO)CCO)ccc1[N+](=O)[O-]. The highest BCUT2D eigenvalue weighted by molar-refractivity contribution is 5.51. The first kappa shape index (κ1) is 13.8. The van der Waals surface area contributed by atoms with Gasteiger partial charge >= 0.3 is 5.69 Å². The van der Waals surface area contributed by atoms with Crippen molar-refractivity contribution in [2.24, 2.45) is 0 Å². The Hall–Kier alpha value is -2.24. The Balaban J connectivity index is 3.10. The molecule has 0 atom stereocenters. The van der Waals surface area contributed by atoms with Gasteiger partial charge in [-0.1, -0.05) is 0 Å². The summed E-state index contributed by atoms with van der Waals surface area (Å²) in [5.41, 5.74) is -0.660. The molecule has 1 rings (SSSR count). The predicted octanol–water partition coefficient (Wildman–Crippen LogP) is -0.348. The number of nitro groups is 1. The standard InChI is InChI=1S/C10H12N4O4/c11-7-8-9(14(17)18)1-2-10(12-8)13(3-5-15)4-6-16/h1-2,15-16H,3-6H2. The van der Waals surface area contributed by atoms with Crippen LogP contribution < -0.4 is 4.90 Å². The van der Waals surface area contributed by atoms with Crippen molar-refractivity contribution >= 4 is 11.5 Å². The predicted molar refractivity (Wildman–Crippen MR) is 62.0 cm³/mol. The van der Waals surface area contributed by atoms with E-state index in [9.17, 15) is 10.1 Å². The number of hydrogen-bond acceptors (Lipinski definition) is 7. The van der Waals surface area contributed by atoms with E-state index in [4.69, 9.17) is 15.5 Å². The molecule has 0 radical (unpaired) electrons. The second-order valence-corrected chi connectivity index (χ2v) is 3.34. The zero-order valence-corrected chi connectivity index (χ0v) is 9.48. The molecule has 1 aromatic heterocycles. The van der Waals surface area contributed by atoms with Gasteiger partial charge in [0.1, 0.15) is 11.9 Å². The summed E-state index contributed by atoms with van der Waals surface area (Å²) in [6.45, 7) is 0.133. The Kier molecular flexibility index (Phi) is 4.98. The molecule has 18 heavy (non-hydrogen) atoms. The minimum Gasteiger partial charge on any atom is -0.395 e. The molecule has 0 aromatic carbocycles. The summed E-state index contributed by atoms with van der Waals surface area (Å²) in [5.74, 6) is 0.306. The zero-order valence-electron chi connectivity index (χ0n) is 9.48. The smallest absolute Gasteiger partial charge is 0.305 e. The third-order valence-corrected chi connectivity index (χ3v) is 2.23. The highest BCUT2D eigenvalue weighted by Gasteiger charge is 2.17. The van der Waals surface area contributed by atoms with Gasteiger partial charge < -0.3 is 15.1 Å². The fraction of sp³-hybridized carbons (Fsp3) is 0.400. The van der Waals surface area contributed by atoms with Crippen LogP contribution in [0.1, 0.15) is 5.69 Å². The van der Waals surface area contributed by atoms with E-state index in [1.54, 1.807) is 6.07 Å². The molecule has 0 spiro atoms. The third kappa shape index (κ3) is 3.13. The molecule has 0 aliphatic carbocycles. The van der Waals surface area contributed by atoms with Crippen LogP contribution in [-0.2, 0) is 0 Å². The van der Waals surface area contributed by atoms with Gasteiger partial charge in [-0.15, -0.1) is 0 Å². The Labute approximate surface area is 103 Å². The molecule has 8 heteroatoms. The number of anilines is 1. The van der Waals surface area contributed by atoms with Crippen molar-refractivity contribution in [3.63, 3.8) is 0 Å². The zero-order chi connectivity index (χ0) is 13.5. The van der Waals surface area contributed by atoms with Gasteiger partial charge in [0.2, 0.25) is 5.69 Å². The third-order valence-electron chi connectivity index (χ3n) is 2.23. The Morgan fingerprint density at radius 3 is 2.44 bits per heavy atom. The summed E-state index contributed by atoms with van der Waals surface area (Å²) in [5, 5.41) is 37.2. The summed E-state index contributed by atoms with van der Waals surface area (Å²) < 4.78 is 0. The monoisotopic (exact) mass is 252 g/mol. The number of pyridine rings is 1. The molecular formula is C10H12N4O4. The minimum absolute atomic E-state index is 0.152. The Bertz CT molecular complexity index is 465. The van der Waals surface area contributed by atoms with Crippen molar-refractivity contribution < 1.29 is 15.1 Å². The lowest BCUT2D eigenvalue weighted by atomic mass is 10.3. The first-order valence-corrected chi connectivity index (χ1v) is 5.16. The van der Waals surface area contributed by atoms with Crippen LogP contribution in [0.25, 0.3) is 0 Å². The molecule has 1 heterocycles. The van der Waals surface area contributed by atoms with Crippen LogP contribution in [0, 0.1) is 21.4 Å². The normalized spacial score (nSPS) is 9.83. The van der Waals surface area contributed by atoms with Crippen LogP contribution in [0.5, 0.6) is 0 Å². The molecule has 0 amide bonds. The summed E-state index contributed by atoms with van der Waals surface area (Å²) in [7, 11) is 0. The number of aliphatic hydroxyl groups is 2. The fourth-order valence-electron chi connectivity index (χ4n) is 1.43. The maximum Gasteiger partial charge on any atom is 0.305 e. The maximum atomic E-state index is 10.6. The molecule has 0 aliphatic rings. The fourth-order valence-corrected chi connectivity index (χ4v) is 1.43. The highest BCUT2D eigenvalue weighted by atomic mass is 16.6. The lowest BCUT2D eigenvalue weighted by Gasteiger charge is -2.21. The molecule has 8 nitrogen and oxygen atoms in total. The summed E-state index contributed by atoms with van der Waals surface area (Å²) in [6, 6.07) is 4.21. The first-order valence-electron chi connectivity index (χ1n) is 5.16. The van der Waals surface area contributed by atoms with Crippen molar-refractivity contribution in [2.75, 3.05) is 31.2 Å². The van der Waals surface area contributed by atoms with Crippen LogP contribution in [0.15, 0.2) is 12.1 Å². The van der Waals surface area contributed by atoms with Crippen molar-refractivity contribution in [3.05, 3.63) is 27.9 Å². The maximum absolute atomic E-state index is 10.6. The minimum atomic E-state index is -0.683. The van der Waals surface area contributed by atoms with Gasteiger partial charge in [-0.2, -0.15) is 5.26 Å². The van der Waals surface area contributed by atoms with Gasteiger partial charge in [0, 0.05) is 19.2 Å². The van der Waals surface area contributed by atoms with Crippen LogP contribution >= 0.6 is 0 Å². The average molecular weight is 252 g/mol. The lowest BCUT2D eigenvalue weighted by Crippen LogP contribution is -2.30. The van der Waals surface area contributed by atoms with Gasteiger partial charge in [0.05, 0.1) is 18.1 Å². The van der Waals surface area contributed by atoms with Crippen LogP contribution in [0.3, 0.4) is 0 Å². The largest absolute Gasteiger partial charge is 0.395 e. The molecule has 0 aliphatic heterocycles. The lowest BCUT2D eigenvalue weighted by molar-refractivity contribution is -0.385. The van der Waals surface area contributed by atoms with Crippen LogP contribution in [0.4, 0.5) is 11.5 Å². The molecule has 96 valence electrons. The van der Waals surface area contributed by atoms with Gasteiger partial charge in [-0.05, 0) is 6.07 Å². The molecule has 0 saturated carbocycles. The average Bonchev–Trinajstić information content (AvgIpc) is 2.37. The molecular weight excluding hydrogens is 240 g/mol. The van der Waals surface area contributed by atoms with E-state index in [2.05, 4.69) is 4.98 Å². The highest BCUT2D eigenvalue weighted by Crippen LogP contribution is 2.20. The number of nitrogens with zero attached hydrogens (tertiary/aromatic N) is 4. The number of rotatable bonds is 6. The molecule has 0 saturated heterocycles. The van der Waals surface area contributed by atoms with E-state index >= 15 is 0 Å². The Morgan fingerprint density at radius 2 is 2.00 bits per heavy atom. The molecule has 0 unspecified atom stereocenters. The second-order valence-electron chi connectivity index (χ2n) is 3.34. The van der Waals surface area contributed by atoms with Gasteiger partial charge in [-0.25, -0.2) is 4.98 Å². The van der Waals surface area contributed by atoms with E-state index < -0.39 is 4.92 Å². The van der Waals surface area contributed by atoms with Gasteiger partial charge in [0.25, 0.3) is 0 Å². The topological polar surface area (TPSA) is 124 Å². The molecule has 2 N–H and O–H groups in total. The van der Waals surface area contributed by atoms with E-state index in [0.717, 1.165) is 0 Å².